The van der Waals surface area contributed by atoms with Gasteiger partial charge < -0.3 is 9.84 Å². The highest BCUT2D eigenvalue weighted by Gasteiger charge is 2.26. The van der Waals surface area contributed by atoms with Crippen molar-refractivity contribution in [2.24, 2.45) is 0 Å². The Balaban J connectivity index is 2.27. The van der Waals surface area contributed by atoms with Gasteiger partial charge in [0, 0.05) is 25.8 Å². The van der Waals surface area contributed by atoms with Gasteiger partial charge in [-0.1, -0.05) is 6.42 Å². The van der Waals surface area contributed by atoms with Crippen molar-refractivity contribution in [3.8, 4) is 0 Å². The lowest BCUT2D eigenvalue weighted by Gasteiger charge is -2.40. The van der Waals surface area contributed by atoms with Crippen LogP contribution in [0.25, 0.3) is 0 Å². The van der Waals surface area contributed by atoms with E-state index in [4.69, 9.17) is 4.74 Å². The maximum atomic E-state index is 9.32. The minimum absolute atomic E-state index is 0.314. The zero-order valence-electron chi connectivity index (χ0n) is 10.1. The first-order valence-corrected chi connectivity index (χ1v) is 6.15. The van der Waals surface area contributed by atoms with E-state index in [9.17, 15) is 5.11 Å². The third-order valence-corrected chi connectivity index (χ3v) is 3.42. The molecular weight excluding hydrogens is 190 g/mol. The van der Waals surface area contributed by atoms with Crippen LogP contribution in [-0.4, -0.2) is 49.0 Å². The zero-order valence-corrected chi connectivity index (χ0v) is 10.1. The van der Waals surface area contributed by atoms with Crippen molar-refractivity contribution in [1.82, 2.24) is 4.90 Å². The van der Waals surface area contributed by atoms with E-state index in [1.807, 2.05) is 0 Å². The highest BCUT2D eigenvalue weighted by molar-refractivity contribution is 4.81. The molecular formula is C12H25NO2. The largest absolute Gasteiger partial charge is 0.395 e. The molecule has 0 aromatic rings. The molecule has 2 unspecified atom stereocenters. The van der Waals surface area contributed by atoms with Gasteiger partial charge in [0.1, 0.15) is 0 Å². The summed E-state index contributed by atoms with van der Waals surface area (Å²) in [4.78, 5) is 2.47. The molecule has 1 N–H and O–H groups in total. The molecule has 0 bridgehead atoms. The van der Waals surface area contributed by atoms with Gasteiger partial charge in [-0.25, -0.2) is 0 Å². The second kappa shape index (κ2) is 7.20. The fourth-order valence-corrected chi connectivity index (χ4v) is 2.48. The van der Waals surface area contributed by atoms with Crippen molar-refractivity contribution in [3.05, 3.63) is 0 Å². The van der Waals surface area contributed by atoms with Gasteiger partial charge in [-0.3, -0.25) is 4.90 Å². The number of likely N-dealkylation sites (tertiary alicyclic amines) is 1. The third-order valence-electron chi connectivity index (χ3n) is 3.42. The number of aliphatic hydroxyl groups excluding tert-OH is 1. The van der Waals surface area contributed by atoms with Crippen LogP contribution < -0.4 is 0 Å². The monoisotopic (exact) mass is 215 g/mol. The summed E-state index contributed by atoms with van der Waals surface area (Å²) < 4.78 is 5.04. The van der Waals surface area contributed by atoms with E-state index in [1.165, 1.54) is 19.3 Å². The number of methoxy groups -OCH3 is 1. The molecule has 15 heavy (non-hydrogen) atoms. The van der Waals surface area contributed by atoms with Crippen molar-refractivity contribution >= 4 is 0 Å². The van der Waals surface area contributed by atoms with Gasteiger partial charge in [-0.05, 0) is 39.2 Å². The highest BCUT2D eigenvalue weighted by Crippen LogP contribution is 2.22. The van der Waals surface area contributed by atoms with E-state index in [0.717, 1.165) is 26.0 Å². The third kappa shape index (κ3) is 4.09. The molecule has 0 aliphatic carbocycles. The first-order chi connectivity index (χ1) is 7.29. The number of aliphatic hydroxyl groups is 1. The lowest BCUT2D eigenvalue weighted by atomic mass is 9.96. The number of rotatable bonds is 6. The number of unbranched alkanes of at least 4 members (excludes halogenated alkanes) is 1. The molecule has 0 radical (unpaired) electrons. The standard InChI is InChI=1S/C12H25NO2/c1-11-6-5-7-12(10-14)13(11)8-3-4-9-15-2/h11-12,14H,3-10H2,1-2H3. The predicted molar refractivity (Wildman–Crippen MR) is 62.0 cm³/mol. The molecule has 90 valence electrons. The van der Waals surface area contributed by atoms with Crippen LogP contribution in [-0.2, 0) is 4.74 Å². The van der Waals surface area contributed by atoms with Gasteiger partial charge >= 0.3 is 0 Å². The molecule has 1 rings (SSSR count). The number of ether oxygens (including phenoxy) is 1. The van der Waals surface area contributed by atoms with Crippen LogP contribution in [0.5, 0.6) is 0 Å². The van der Waals surface area contributed by atoms with Gasteiger partial charge in [-0.2, -0.15) is 0 Å². The Labute approximate surface area is 93.4 Å². The van der Waals surface area contributed by atoms with Crippen LogP contribution in [0, 0.1) is 0 Å². The fourth-order valence-electron chi connectivity index (χ4n) is 2.48. The summed E-state index contributed by atoms with van der Waals surface area (Å²) in [6, 6.07) is 1.04. The van der Waals surface area contributed by atoms with Gasteiger partial charge in [0.25, 0.3) is 0 Å². The van der Waals surface area contributed by atoms with Crippen molar-refractivity contribution in [2.75, 3.05) is 26.9 Å². The number of hydrogen-bond donors (Lipinski definition) is 1. The average Bonchev–Trinajstić information content (AvgIpc) is 2.26. The molecule has 1 aliphatic heterocycles. The zero-order chi connectivity index (χ0) is 11.1. The van der Waals surface area contributed by atoms with Crippen molar-refractivity contribution in [1.29, 1.82) is 0 Å². The maximum absolute atomic E-state index is 9.32. The molecule has 0 aromatic heterocycles. The molecule has 0 saturated carbocycles. The Morgan fingerprint density at radius 3 is 2.80 bits per heavy atom. The smallest absolute Gasteiger partial charge is 0.0586 e. The van der Waals surface area contributed by atoms with E-state index in [2.05, 4.69) is 11.8 Å². The normalized spacial score (nSPS) is 28.2. The number of nitrogens with zero attached hydrogens (tertiary/aromatic N) is 1. The Bertz CT molecular complexity index is 164. The molecule has 0 amide bonds. The molecule has 1 aliphatic rings. The van der Waals surface area contributed by atoms with Gasteiger partial charge in [0.15, 0.2) is 0 Å². The predicted octanol–water partition coefficient (Wildman–Crippen LogP) is 1.65. The summed E-state index contributed by atoms with van der Waals surface area (Å²) in [5.41, 5.74) is 0. The fraction of sp³-hybridized carbons (Fsp3) is 1.00. The lowest BCUT2D eigenvalue weighted by molar-refractivity contribution is 0.0486. The second-order valence-corrected chi connectivity index (χ2v) is 4.55. The molecule has 1 heterocycles. The first kappa shape index (κ1) is 12.9. The summed E-state index contributed by atoms with van der Waals surface area (Å²) in [5.74, 6) is 0. The summed E-state index contributed by atoms with van der Waals surface area (Å²) in [6.45, 7) is 4.55. The summed E-state index contributed by atoms with van der Waals surface area (Å²) >= 11 is 0. The Kier molecular flexibility index (Phi) is 6.22. The van der Waals surface area contributed by atoms with Gasteiger partial charge in [0.05, 0.1) is 6.61 Å². The first-order valence-electron chi connectivity index (χ1n) is 6.15. The van der Waals surface area contributed by atoms with Crippen LogP contribution in [0.1, 0.15) is 39.0 Å². The minimum atomic E-state index is 0.314. The SMILES string of the molecule is COCCCCN1C(C)CCCC1CO. The van der Waals surface area contributed by atoms with Crippen LogP contribution >= 0.6 is 0 Å². The van der Waals surface area contributed by atoms with E-state index in [1.54, 1.807) is 7.11 Å². The van der Waals surface area contributed by atoms with Crippen LogP contribution in [0.2, 0.25) is 0 Å². The van der Waals surface area contributed by atoms with E-state index in [-0.39, 0.29) is 0 Å². The van der Waals surface area contributed by atoms with Crippen LogP contribution in [0.4, 0.5) is 0 Å². The molecule has 1 fully saturated rings. The quantitative estimate of drug-likeness (QED) is 0.684. The molecule has 0 spiro atoms. The van der Waals surface area contributed by atoms with E-state index in [0.29, 0.717) is 18.7 Å². The second-order valence-electron chi connectivity index (χ2n) is 4.55. The Morgan fingerprint density at radius 2 is 2.13 bits per heavy atom. The molecule has 1 saturated heterocycles. The van der Waals surface area contributed by atoms with Crippen molar-refractivity contribution in [3.63, 3.8) is 0 Å². The Morgan fingerprint density at radius 1 is 1.33 bits per heavy atom. The summed E-state index contributed by atoms with van der Waals surface area (Å²) in [5, 5.41) is 9.32. The Hall–Kier alpha value is -0.120. The average molecular weight is 215 g/mol. The number of piperidine rings is 1. The van der Waals surface area contributed by atoms with E-state index >= 15 is 0 Å². The summed E-state index contributed by atoms with van der Waals surface area (Å²) in [6.07, 6.45) is 6.00. The minimum Gasteiger partial charge on any atom is -0.395 e. The van der Waals surface area contributed by atoms with E-state index < -0.39 is 0 Å². The molecule has 3 nitrogen and oxygen atoms in total. The van der Waals surface area contributed by atoms with Crippen molar-refractivity contribution < 1.29 is 9.84 Å². The van der Waals surface area contributed by atoms with Crippen LogP contribution in [0.15, 0.2) is 0 Å². The molecule has 0 aromatic carbocycles. The highest BCUT2D eigenvalue weighted by atomic mass is 16.5. The van der Waals surface area contributed by atoms with Crippen molar-refractivity contribution in [2.45, 2.75) is 51.1 Å². The van der Waals surface area contributed by atoms with Crippen LogP contribution in [0.3, 0.4) is 0 Å². The lowest BCUT2D eigenvalue weighted by Crippen LogP contribution is -2.47. The topological polar surface area (TPSA) is 32.7 Å². The summed E-state index contributed by atoms with van der Waals surface area (Å²) in [7, 11) is 1.75. The van der Waals surface area contributed by atoms with Gasteiger partial charge in [0.2, 0.25) is 0 Å². The maximum Gasteiger partial charge on any atom is 0.0586 e. The molecule has 3 heteroatoms. The number of hydrogen-bond acceptors (Lipinski definition) is 3. The van der Waals surface area contributed by atoms with Gasteiger partial charge in [-0.15, -0.1) is 0 Å². The molecule has 2 atom stereocenters.